The molecule has 1 amide bonds. The fraction of sp³-hybridized carbons (Fsp3) is 0.533. The summed E-state index contributed by atoms with van der Waals surface area (Å²) in [5.41, 5.74) is -0.627. The molecule has 0 aliphatic carbocycles. The number of hydrogen-bond acceptors (Lipinski definition) is 3. The quantitative estimate of drug-likeness (QED) is 0.871. The fourth-order valence-corrected chi connectivity index (χ4v) is 3.21. The molecule has 1 aliphatic rings. The van der Waals surface area contributed by atoms with Crippen LogP contribution in [-0.4, -0.2) is 40.4 Å². The summed E-state index contributed by atoms with van der Waals surface area (Å²) in [7, 11) is 0. The van der Waals surface area contributed by atoms with Gasteiger partial charge in [0.25, 0.3) is 0 Å². The second-order valence-corrected chi connectivity index (χ2v) is 6.96. The Hall–Kier alpha value is -0.710. The van der Waals surface area contributed by atoms with Gasteiger partial charge < -0.3 is 10.0 Å². The summed E-state index contributed by atoms with van der Waals surface area (Å²) in [4.78, 5) is 15.1. The number of carbonyl (C=O) groups excluding carboxylic acids is 1. The van der Waals surface area contributed by atoms with Crippen LogP contribution in [-0.2, 0) is 4.79 Å². The molecule has 1 saturated heterocycles. The van der Waals surface area contributed by atoms with Crippen molar-refractivity contribution in [2.24, 2.45) is 0 Å². The predicted molar refractivity (Wildman–Crippen MR) is 83.2 cm³/mol. The first-order valence-electron chi connectivity index (χ1n) is 6.85. The van der Waals surface area contributed by atoms with E-state index in [-0.39, 0.29) is 5.91 Å². The Bertz CT molecular complexity index is 461. The van der Waals surface area contributed by atoms with Crippen LogP contribution in [0.5, 0.6) is 0 Å². The molecule has 2 rings (SSSR count). The van der Waals surface area contributed by atoms with Crippen molar-refractivity contribution in [3.63, 3.8) is 0 Å². The molecule has 1 atom stereocenters. The van der Waals surface area contributed by atoms with E-state index in [2.05, 4.69) is 0 Å². The molecule has 1 aromatic carbocycles. The monoisotopic (exact) mass is 313 g/mol. The van der Waals surface area contributed by atoms with E-state index in [4.69, 9.17) is 11.6 Å². The maximum Gasteiger partial charge on any atom is 0.232 e. The van der Waals surface area contributed by atoms with Gasteiger partial charge in [-0.1, -0.05) is 11.6 Å². The first-order chi connectivity index (χ1) is 9.46. The highest BCUT2D eigenvalue weighted by Gasteiger charge is 2.26. The number of benzene rings is 1. The number of halogens is 1. The second kappa shape index (κ2) is 6.83. The molecule has 5 heteroatoms. The minimum absolute atomic E-state index is 0.141. The van der Waals surface area contributed by atoms with Crippen molar-refractivity contribution in [1.82, 2.24) is 4.90 Å². The molecule has 1 heterocycles. The molecule has 110 valence electrons. The number of amides is 1. The van der Waals surface area contributed by atoms with Gasteiger partial charge in [-0.2, -0.15) is 0 Å². The SMILES string of the molecule is CC1(O)CCCN(C(=O)CSc2ccc(Cl)cc2)CC1. The predicted octanol–water partition coefficient (Wildman–Crippen LogP) is 3.20. The Morgan fingerprint density at radius 3 is 2.75 bits per heavy atom. The third-order valence-electron chi connectivity index (χ3n) is 3.59. The minimum Gasteiger partial charge on any atom is -0.390 e. The number of aliphatic hydroxyl groups is 1. The van der Waals surface area contributed by atoms with E-state index >= 15 is 0 Å². The highest BCUT2D eigenvalue weighted by molar-refractivity contribution is 8.00. The number of nitrogens with zero attached hydrogens (tertiary/aromatic N) is 1. The van der Waals surface area contributed by atoms with Crippen molar-refractivity contribution in [1.29, 1.82) is 0 Å². The van der Waals surface area contributed by atoms with Crippen LogP contribution < -0.4 is 0 Å². The van der Waals surface area contributed by atoms with Crippen LogP contribution in [0.1, 0.15) is 26.2 Å². The topological polar surface area (TPSA) is 40.5 Å². The highest BCUT2D eigenvalue weighted by atomic mass is 35.5. The first kappa shape index (κ1) is 15.7. The Balaban J connectivity index is 1.84. The van der Waals surface area contributed by atoms with Gasteiger partial charge in [-0.25, -0.2) is 0 Å². The van der Waals surface area contributed by atoms with E-state index < -0.39 is 5.60 Å². The molecule has 0 aromatic heterocycles. The summed E-state index contributed by atoms with van der Waals surface area (Å²) >= 11 is 7.36. The van der Waals surface area contributed by atoms with Gasteiger partial charge in [0.2, 0.25) is 5.91 Å². The third-order valence-corrected chi connectivity index (χ3v) is 4.84. The fourth-order valence-electron chi connectivity index (χ4n) is 2.28. The summed E-state index contributed by atoms with van der Waals surface area (Å²) in [5.74, 6) is 0.576. The standard InChI is InChI=1S/C15H20ClNO2S/c1-15(19)7-2-9-17(10-8-15)14(18)11-20-13-5-3-12(16)4-6-13/h3-6,19H,2,7-11H2,1H3. The summed E-state index contributed by atoms with van der Waals surface area (Å²) < 4.78 is 0. The number of carbonyl (C=O) groups is 1. The lowest BCUT2D eigenvalue weighted by Crippen LogP contribution is -2.34. The Morgan fingerprint density at radius 1 is 1.35 bits per heavy atom. The molecule has 1 unspecified atom stereocenters. The molecule has 1 N–H and O–H groups in total. The van der Waals surface area contributed by atoms with Crippen LogP contribution >= 0.6 is 23.4 Å². The third kappa shape index (κ3) is 4.69. The van der Waals surface area contributed by atoms with E-state index in [0.29, 0.717) is 23.7 Å². The van der Waals surface area contributed by atoms with E-state index in [1.54, 1.807) is 0 Å². The lowest BCUT2D eigenvalue weighted by Gasteiger charge is -2.22. The number of thioether (sulfide) groups is 1. The number of rotatable bonds is 3. The van der Waals surface area contributed by atoms with Crippen LogP contribution in [0.2, 0.25) is 5.02 Å². The Morgan fingerprint density at radius 2 is 2.05 bits per heavy atom. The van der Waals surface area contributed by atoms with Crippen LogP contribution in [0.15, 0.2) is 29.2 Å². The maximum absolute atomic E-state index is 12.2. The van der Waals surface area contributed by atoms with E-state index in [1.165, 1.54) is 11.8 Å². The van der Waals surface area contributed by atoms with Gasteiger partial charge in [0.15, 0.2) is 0 Å². The molecule has 0 saturated carbocycles. The summed E-state index contributed by atoms with van der Waals surface area (Å²) in [6, 6.07) is 7.51. The van der Waals surface area contributed by atoms with E-state index in [9.17, 15) is 9.90 Å². The molecule has 20 heavy (non-hydrogen) atoms. The molecular weight excluding hydrogens is 294 g/mol. The Kier molecular flexibility index (Phi) is 5.35. The smallest absolute Gasteiger partial charge is 0.232 e. The number of likely N-dealkylation sites (tertiary alicyclic amines) is 1. The maximum atomic E-state index is 12.2. The Labute approximate surface area is 129 Å². The van der Waals surface area contributed by atoms with E-state index in [0.717, 1.165) is 24.3 Å². The molecule has 1 aliphatic heterocycles. The lowest BCUT2D eigenvalue weighted by atomic mass is 9.98. The van der Waals surface area contributed by atoms with Gasteiger partial charge in [0, 0.05) is 23.0 Å². The van der Waals surface area contributed by atoms with Crippen LogP contribution in [0.4, 0.5) is 0 Å². The zero-order valence-corrected chi connectivity index (χ0v) is 13.2. The van der Waals surface area contributed by atoms with Crippen LogP contribution in [0, 0.1) is 0 Å². The summed E-state index contributed by atoms with van der Waals surface area (Å²) in [5, 5.41) is 10.7. The van der Waals surface area contributed by atoms with Crippen molar-refractivity contribution in [2.75, 3.05) is 18.8 Å². The molecule has 0 spiro atoms. The van der Waals surface area contributed by atoms with Gasteiger partial charge >= 0.3 is 0 Å². The average molecular weight is 314 g/mol. The van der Waals surface area contributed by atoms with Gasteiger partial charge in [0.05, 0.1) is 11.4 Å². The molecular formula is C15H20ClNO2S. The van der Waals surface area contributed by atoms with Gasteiger partial charge in [-0.3, -0.25) is 4.79 Å². The van der Waals surface area contributed by atoms with Crippen molar-refractivity contribution >= 4 is 29.3 Å². The number of hydrogen-bond donors (Lipinski definition) is 1. The van der Waals surface area contributed by atoms with Crippen molar-refractivity contribution in [3.8, 4) is 0 Å². The second-order valence-electron chi connectivity index (χ2n) is 5.47. The van der Waals surface area contributed by atoms with Crippen molar-refractivity contribution in [2.45, 2.75) is 36.7 Å². The van der Waals surface area contributed by atoms with Gasteiger partial charge in [-0.15, -0.1) is 11.8 Å². The normalized spacial score (nSPS) is 23.4. The van der Waals surface area contributed by atoms with E-state index in [1.807, 2.05) is 36.1 Å². The van der Waals surface area contributed by atoms with Crippen LogP contribution in [0.3, 0.4) is 0 Å². The summed E-state index contributed by atoms with van der Waals surface area (Å²) in [6.45, 7) is 3.24. The average Bonchev–Trinajstić information content (AvgIpc) is 2.59. The van der Waals surface area contributed by atoms with Crippen molar-refractivity contribution < 1.29 is 9.90 Å². The minimum atomic E-state index is -0.627. The first-order valence-corrected chi connectivity index (χ1v) is 8.21. The molecule has 0 bridgehead atoms. The van der Waals surface area contributed by atoms with Crippen LogP contribution in [0.25, 0.3) is 0 Å². The zero-order chi connectivity index (χ0) is 14.6. The largest absolute Gasteiger partial charge is 0.390 e. The zero-order valence-electron chi connectivity index (χ0n) is 11.6. The highest BCUT2D eigenvalue weighted by Crippen LogP contribution is 2.24. The molecule has 1 fully saturated rings. The van der Waals surface area contributed by atoms with Crippen molar-refractivity contribution in [3.05, 3.63) is 29.3 Å². The molecule has 0 radical (unpaired) electrons. The van der Waals surface area contributed by atoms with Gasteiger partial charge in [-0.05, 0) is 50.5 Å². The van der Waals surface area contributed by atoms with Gasteiger partial charge in [0.1, 0.15) is 0 Å². The molecule has 3 nitrogen and oxygen atoms in total. The lowest BCUT2D eigenvalue weighted by molar-refractivity contribution is -0.128. The summed E-state index contributed by atoms with van der Waals surface area (Å²) in [6.07, 6.45) is 2.29. The molecule has 1 aromatic rings.